The molecule has 0 fully saturated rings. The minimum atomic E-state index is 0. The number of halogens is 1. The molecule has 2 aromatic rings. The van der Waals surface area contributed by atoms with Gasteiger partial charge in [-0.3, -0.25) is 0 Å². The second-order valence-electron chi connectivity index (χ2n) is 5.64. The van der Waals surface area contributed by atoms with E-state index in [2.05, 4.69) is 58.7 Å². The molecule has 5 nitrogen and oxygen atoms in total. The van der Waals surface area contributed by atoms with Crippen LogP contribution in [0.25, 0.3) is 0 Å². The van der Waals surface area contributed by atoms with E-state index in [9.17, 15) is 0 Å². The van der Waals surface area contributed by atoms with E-state index in [1.165, 1.54) is 5.56 Å². The molecule has 0 bridgehead atoms. The molecule has 0 aliphatic rings. The normalized spacial score (nSPS) is 12.4. The van der Waals surface area contributed by atoms with Crippen LogP contribution in [0.1, 0.15) is 42.7 Å². The molecular weight excluding hydrogens is 415 g/mol. The summed E-state index contributed by atoms with van der Waals surface area (Å²) in [5, 5.41) is 6.63. The fourth-order valence-corrected chi connectivity index (χ4v) is 2.24. The van der Waals surface area contributed by atoms with Crippen molar-refractivity contribution in [3.05, 3.63) is 53.2 Å². The molecule has 0 saturated heterocycles. The lowest BCUT2D eigenvalue weighted by atomic mass is 10.0. The van der Waals surface area contributed by atoms with Crippen molar-refractivity contribution in [2.75, 3.05) is 13.1 Å². The summed E-state index contributed by atoms with van der Waals surface area (Å²) < 4.78 is 5.56. The number of oxazole rings is 1. The monoisotopic (exact) mass is 442 g/mol. The molecule has 132 valence electrons. The van der Waals surface area contributed by atoms with Crippen molar-refractivity contribution in [1.29, 1.82) is 0 Å². The minimum absolute atomic E-state index is 0. The zero-order valence-electron chi connectivity index (χ0n) is 14.8. The summed E-state index contributed by atoms with van der Waals surface area (Å²) in [4.78, 5) is 8.90. The number of guanidine groups is 1. The molecule has 1 unspecified atom stereocenters. The van der Waals surface area contributed by atoms with Gasteiger partial charge in [0.2, 0.25) is 5.89 Å². The fraction of sp³-hybridized carbons (Fsp3) is 0.444. The SMILES string of the molecule is CCNC(=NCc1nc(C)c(C)o1)NCC(C)c1ccccc1.I. The Balaban J connectivity index is 0.00000288. The first-order valence-electron chi connectivity index (χ1n) is 8.10. The molecule has 0 aliphatic carbocycles. The van der Waals surface area contributed by atoms with Crippen molar-refractivity contribution in [3.63, 3.8) is 0 Å². The molecule has 1 aromatic heterocycles. The summed E-state index contributed by atoms with van der Waals surface area (Å²) in [6.07, 6.45) is 0. The van der Waals surface area contributed by atoms with Gasteiger partial charge in [-0.1, -0.05) is 37.3 Å². The smallest absolute Gasteiger partial charge is 0.216 e. The van der Waals surface area contributed by atoms with Crippen LogP contribution in [0.4, 0.5) is 0 Å². The highest BCUT2D eigenvalue weighted by atomic mass is 127. The number of hydrogen-bond acceptors (Lipinski definition) is 3. The van der Waals surface area contributed by atoms with Gasteiger partial charge in [0.25, 0.3) is 0 Å². The third-order valence-corrected chi connectivity index (χ3v) is 3.73. The Morgan fingerprint density at radius 3 is 2.50 bits per heavy atom. The van der Waals surface area contributed by atoms with Gasteiger partial charge in [-0.05, 0) is 32.3 Å². The quantitative estimate of drug-likeness (QED) is 0.406. The molecule has 0 aliphatic heterocycles. The maximum Gasteiger partial charge on any atom is 0.216 e. The largest absolute Gasteiger partial charge is 0.444 e. The van der Waals surface area contributed by atoms with E-state index in [0.717, 1.165) is 30.5 Å². The highest BCUT2D eigenvalue weighted by Crippen LogP contribution is 2.13. The van der Waals surface area contributed by atoms with Gasteiger partial charge in [-0.25, -0.2) is 9.98 Å². The Morgan fingerprint density at radius 1 is 1.21 bits per heavy atom. The van der Waals surface area contributed by atoms with Gasteiger partial charge in [-0.2, -0.15) is 0 Å². The van der Waals surface area contributed by atoms with Crippen molar-refractivity contribution >= 4 is 29.9 Å². The zero-order valence-corrected chi connectivity index (χ0v) is 17.1. The molecule has 6 heteroatoms. The lowest BCUT2D eigenvalue weighted by molar-refractivity contribution is 0.472. The summed E-state index contributed by atoms with van der Waals surface area (Å²) in [5.41, 5.74) is 2.24. The van der Waals surface area contributed by atoms with Gasteiger partial charge in [0, 0.05) is 13.1 Å². The van der Waals surface area contributed by atoms with E-state index in [1.54, 1.807) is 0 Å². The van der Waals surface area contributed by atoms with Gasteiger partial charge in [-0.15, -0.1) is 24.0 Å². The van der Waals surface area contributed by atoms with E-state index < -0.39 is 0 Å². The number of aryl methyl sites for hydroxylation is 2. The van der Waals surface area contributed by atoms with E-state index in [1.807, 2.05) is 19.9 Å². The van der Waals surface area contributed by atoms with Crippen LogP contribution in [-0.4, -0.2) is 24.0 Å². The zero-order chi connectivity index (χ0) is 16.7. The molecule has 2 rings (SSSR count). The lowest BCUT2D eigenvalue weighted by Gasteiger charge is -2.16. The molecule has 0 saturated carbocycles. The standard InChI is InChI=1S/C18H26N4O.HI/c1-5-19-18(21-12-17-22-14(3)15(4)23-17)20-11-13(2)16-9-7-6-8-10-16;/h6-10,13H,5,11-12H2,1-4H3,(H2,19,20,21);1H. The van der Waals surface area contributed by atoms with Crippen LogP contribution in [0.3, 0.4) is 0 Å². The number of benzene rings is 1. The number of rotatable bonds is 6. The van der Waals surface area contributed by atoms with Crippen molar-refractivity contribution < 1.29 is 4.42 Å². The predicted octanol–water partition coefficient (Wildman–Crippen LogP) is 3.77. The first kappa shape index (κ1) is 20.5. The van der Waals surface area contributed by atoms with E-state index in [0.29, 0.717) is 18.4 Å². The van der Waals surface area contributed by atoms with Gasteiger partial charge in [0.15, 0.2) is 5.96 Å². The summed E-state index contributed by atoms with van der Waals surface area (Å²) in [5.74, 6) is 2.69. The third-order valence-electron chi connectivity index (χ3n) is 3.73. The first-order chi connectivity index (χ1) is 11.1. The van der Waals surface area contributed by atoms with Crippen LogP contribution >= 0.6 is 24.0 Å². The molecule has 0 amide bonds. The van der Waals surface area contributed by atoms with Crippen molar-refractivity contribution in [1.82, 2.24) is 15.6 Å². The number of aromatic nitrogens is 1. The second-order valence-corrected chi connectivity index (χ2v) is 5.64. The topological polar surface area (TPSA) is 62.5 Å². The third kappa shape index (κ3) is 6.14. The number of hydrogen-bond donors (Lipinski definition) is 2. The minimum Gasteiger partial charge on any atom is -0.444 e. The molecular formula is C18H27IN4O. The number of nitrogens with one attached hydrogen (secondary N) is 2. The lowest BCUT2D eigenvalue weighted by Crippen LogP contribution is -2.39. The Hall–Kier alpha value is -1.57. The van der Waals surface area contributed by atoms with Gasteiger partial charge < -0.3 is 15.1 Å². The average Bonchev–Trinajstić information content (AvgIpc) is 2.89. The second kappa shape index (κ2) is 10.3. The maximum atomic E-state index is 5.56. The highest BCUT2D eigenvalue weighted by molar-refractivity contribution is 14.0. The fourth-order valence-electron chi connectivity index (χ4n) is 2.24. The van der Waals surface area contributed by atoms with Crippen LogP contribution in [0.2, 0.25) is 0 Å². The van der Waals surface area contributed by atoms with Crippen molar-refractivity contribution in [2.45, 2.75) is 40.2 Å². The summed E-state index contributed by atoms with van der Waals surface area (Å²) in [7, 11) is 0. The Morgan fingerprint density at radius 2 is 1.92 bits per heavy atom. The van der Waals surface area contributed by atoms with E-state index in [-0.39, 0.29) is 24.0 Å². The molecule has 1 heterocycles. The van der Waals surface area contributed by atoms with Gasteiger partial charge in [0.1, 0.15) is 12.3 Å². The molecule has 0 spiro atoms. The average molecular weight is 442 g/mol. The van der Waals surface area contributed by atoms with Crippen LogP contribution in [-0.2, 0) is 6.54 Å². The van der Waals surface area contributed by atoms with Crippen LogP contribution in [0, 0.1) is 13.8 Å². The summed E-state index contributed by atoms with van der Waals surface area (Å²) >= 11 is 0. The molecule has 0 radical (unpaired) electrons. The Bertz CT molecular complexity index is 620. The van der Waals surface area contributed by atoms with Crippen molar-refractivity contribution in [3.8, 4) is 0 Å². The van der Waals surface area contributed by atoms with E-state index >= 15 is 0 Å². The van der Waals surface area contributed by atoms with Crippen LogP contribution in [0.15, 0.2) is 39.7 Å². The molecule has 2 N–H and O–H groups in total. The maximum absolute atomic E-state index is 5.56. The molecule has 1 atom stereocenters. The predicted molar refractivity (Wildman–Crippen MR) is 109 cm³/mol. The Kier molecular flexibility index (Phi) is 8.81. The van der Waals surface area contributed by atoms with Gasteiger partial charge >= 0.3 is 0 Å². The van der Waals surface area contributed by atoms with Crippen LogP contribution < -0.4 is 10.6 Å². The summed E-state index contributed by atoms with van der Waals surface area (Å²) in [6, 6.07) is 10.5. The Labute approximate surface area is 161 Å². The highest BCUT2D eigenvalue weighted by Gasteiger charge is 2.08. The van der Waals surface area contributed by atoms with Gasteiger partial charge in [0.05, 0.1) is 5.69 Å². The number of nitrogens with zero attached hydrogens (tertiary/aromatic N) is 2. The number of aliphatic imine (C=N–C) groups is 1. The first-order valence-corrected chi connectivity index (χ1v) is 8.10. The van der Waals surface area contributed by atoms with E-state index in [4.69, 9.17) is 4.42 Å². The molecule has 24 heavy (non-hydrogen) atoms. The molecule has 1 aromatic carbocycles. The van der Waals surface area contributed by atoms with Crippen LogP contribution in [0.5, 0.6) is 0 Å². The summed E-state index contributed by atoms with van der Waals surface area (Å²) in [6.45, 7) is 10.2. The van der Waals surface area contributed by atoms with Crippen molar-refractivity contribution in [2.24, 2.45) is 4.99 Å².